The lowest BCUT2D eigenvalue weighted by molar-refractivity contribution is 0.0742. The Balaban J connectivity index is 1.73. The van der Waals surface area contributed by atoms with E-state index in [2.05, 4.69) is 17.0 Å². The Kier molecular flexibility index (Phi) is 5.62. The predicted molar refractivity (Wildman–Crippen MR) is 94.7 cm³/mol. The van der Waals surface area contributed by atoms with E-state index in [1.54, 1.807) is 6.33 Å². The topological polar surface area (TPSA) is 51.0 Å². The normalized spacial score (nSPS) is 15.8. The minimum atomic E-state index is 0.151. The van der Waals surface area contributed by atoms with Gasteiger partial charge in [0.15, 0.2) is 5.82 Å². The number of amides is 1. The Morgan fingerprint density at radius 1 is 1.04 bits per heavy atom. The minimum Gasteiger partial charge on any atom is -0.339 e. The number of aromatic nitrogens is 3. The first-order valence-corrected chi connectivity index (χ1v) is 9.07. The van der Waals surface area contributed by atoms with Crippen molar-refractivity contribution in [1.82, 2.24) is 19.7 Å². The van der Waals surface area contributed by atoms with Crippen molar-refractivity contribution in [3.63, 3.8) is 0 Å². The van der Waals surface area contributed by atoms with Crippen LogP contribution >= 0.6 is 0 Å². The van der Waals surface area contributed by atoms with Gasteiger partial charge in [-0.15, -0.1) is 0 Å². The first kappa shape index (κ1) is 16.7. The smallest absolute Gasteiger partial charge is 0.253 e. The monoisotopic (exact) mass is 326 g/mol. The third kappa shape index (κ3) is 3.83. The second kappa shape index (κ2) is 8.08. The molecule has 1 aliphatic heterocycles. The number of hydrogen-bond acceptors (Lipinski definition) is 3. The number of carbonyl (C=O) groups excluding carboxylic acids is 1. The zero-order chi connectivity index (χ0) is 16.8. The lowest BCUT2D eigenvalue weighted by Gasteiger charge is -2.24. The van der Waals surface area contributed by atoms with E-state index in [0.29, 0.717) is 0 Å². The average molecular weight is 326 g/mol. The van der Waals surface area contributed by atoms with Crippen LogP contribution in [0, 0.1) is 0 Å². The molecule has 0 saturated carbocycles. The third-order valence-electron chi connectivity index (χ3n) is 4.58. The predicted octanol–water partition coefficient (Wildman–Crippen LogP) is 3.76. The van der Waals surface area contributed by atoms with E-state index in [0.717, 1.165) is 55.8 Å². The molecule has 1 aromatic heterocycles. The molecule has 1 amide bonds. The molecule has 24 heavy (non-hydrogen) atoms. The van der Waals surface area contributed by atoms with Crippen LogP contribution in [0.3, 0.4) is 0 Å². The maximum absolute atomic E-state index is 12.7. The lowest BCUT2D eigenvalue weighted by Crippen LogP contribution is -2.33. The van der Waals surface area contributed by atoms with Gasteiger partial charge in [-0.05, 0) is 31.4 Å². The molecule has 128 valence electrons. The van der Waals surface area contributed by atoms with E-state index >= 15 is 0 Å². The summed E-state index contributed by atoms with van der Waals surface area (Å²) in [5.41, 5.74) is 1.77. The highest BCUT2D eigenvalue weighted by Gasteiger charge is 2.17. The highest BCUT2D eigenvalue weighted by molar-refractivity contribution is 5.94. The fourth-order valence-corrected chi connectivity index (χ4v) is 3.26. The molecule has 2 aromatic rings. The molecule has 5 nitrogen and oxygen atoms in total. The number of likely N-dealkylation sites (tertiary alicyclic amines) is 1. The maximum Gasteiger partial charge on any atom is 0.253 e. The average Bonchev–Trinajstić information content (AvgIpc) is 3.03. The van der Waals surface area contributed by atoms with Gasteiger partial charge in [0.25, 0.3) is 5.91 Å². The van der Waals surface area contributed by atoms with Gasteiger partial charge in [0.05, 0.1) is 0 Å². The summed E-state index contributed by atoms with van der Waals surface area (Å²) in [5.74, 6) is 1.01. The zero-order valence-electron chi connectivity index (χ0n) is 14.4. The van der Waals surface area contributed by atoms with Crippen molar-refractivity contribution in [2.45, 2.75) is 52.0 Å². The van der Waals surface area contributed by atoms with Crippen molar-refractivity contribution >= 4 is 5.91 Å². The number of hydrogen-bond donors (Lipinski definition) is 0. The van der Waals surface area contributed by atoms with Crippen LogP contribution < -0.4 is 0 Å². The van der Waals surface area contributed by atoms with E-state index in [1.165, 1.54) is 19.3 Å². The summed E-state index contributed by atoms with van der Waals surface area (Å²) >= 11 is 0. The molecular formula is C19H26N4O. The molecular weight excluding hydrogens is 300 g/mol. The number of benzene rings is 1. The molecule has 0 N–H and O–H groups in total. The summed E-state index contributed by atoms with van der Waals surface area (Å²) in [6.45, 7) is 4.73. The van der Waals surface area contributed by atoms with Crippen molar-refractivity contribution in [3.05, 3.63) is 36.2 Å². The van der Waals surface area contributed by atoms with Crippen LogP contribution in [0.5, 0.6) is 0 Å². The summed E-state index contributed by atoms with van der Waals surface area (Å²) in [4.78, 5) is 19.1. The third-order valence-corrected chi connectivity index (χ3v) is 4.58. The van der Waals surface area contributed by atoms with Crippen LogP contribution in [0.4, 0.5) is 0 Å². The Morgan fingerprint density at radius 3 is 2.38 bits per heavy atom. The standard InChI is InChI=1S/C19H26N4O/c1-2-12-23-18(20-15-21-23)16-8-10-17(11-9-16)19(24)22-13-6-4-3-5-7-14-22/h8-11,15H,2-7,12-14H2,1H3. The number of rotatable bonds is 4. The van der Waals surface area contributed by atoms with Crippen LogP contribution in [0.25, 0.3) is 11.4 Å². The van der Waals surface area contributed by atoms with Gasteiger partial charge in [0.2, 0.25) is 0 Å². The largest absolute Gasteiger partial charge is 0.339 e. The molecule has 0 spiro atoms. The fourth-order valence-electron chi connectivity index (χ4n) is 3.26. The second-order valence-electron chi connectivity index (χ2n) is 6.44. The molecule has 0 unspecified atom stereocenters. The molecule has 2 heterocycles. The molecule has 0 bridgehead atoms. The van der Waals surface area contributed by atoms with E-state index < -0.39 is 0 Å². The van der Waals surface area contributed by atoms with E-state index in [9.17, 15) is 4.79 Å². The van der Waals surface area contributed by atoms with Crippen molar-refractivity contribution < 1.29 is 4.79 Å². The summed E-state index contributed by atoms with van der Waals surface area (Å²) in [6, 6.07) is 7.80. The van der Waals surface area contributed by atoms with Gasteiger partial charge in [-0.1, -0.05) is 38.3 Å². The highest BCUT2D eigenvalue weighted by Crippen LogP contribution is 2.19. The summed E-state index contributed by atoms with van der Waals surface area (Å²) in [7, 11) is 0. The van der Waals surface area contributed by atoms with Crippen molar-refractivity contribution in [2.24, 2.45) is 0 Å². The van der Waals surface area contributed by atoms with Crippen molar-refractivity contribution in [2.75, 3.05) is 13.1 Å². The number of nitrogens with zero attached hydrogens (tertiary/aromatic N) is 4. The lowest BCUT2D eigenvalue weighted by atomic mass is 10.1. The first-order valence-electron chi connectivity index (χ1n) is 9.07. The SMILES string of the molecule is CCCn1ncnc1-c1ccc(C(=O)N2CCCCCCC2)cc1. The van der Waals surface area contributed by atoms with Gasteiger partial charge in [-0.25, -0.2) is 9.67 Å². The van der Waals surface area contributed by atoms with Gasteiger partial charge in [-0.2, -0.15) is 5.10 Å². The Morgan fingerprint density at radius 2 is 1.71 bits per heavy atom. The second-order valence-corrected chi connectivity index (χ2v) is 6.44. The van der Waals surface area contributed by atoms with Crippen molar-refractivity contribution in [1.29, 1.82) is 0 Å². The number of carbonyl (C=O) groups is 1. The highest BCUT2D eigenvalue weighted by atomic mass is 16.2. The van der Waals surface area contributed by atoms with Gasteiger partial charge >= 0.3 is 0 Å². The van der Waals surface area contributed by atoms with E-state index in [1.807, 2.05) is 33.8 Å². The minimum absolute atomic E-state index is 0.151. The molecule has 1 saturated heterocycles. The number of aryl methyl sites for hydroxylation is 1. The first-order chi connectivity index (χ1) is 11.8. The van der Waals surface area contributed by atoms with Crippen LogP contribution in [0.15, 0.2) is 30.6 Å². The van der Waals surface area contributed by atoms with E-state index in [4.69, 9.17) is 0 Å². The molecule has 1 aromatic carbocycles. The molecule has 0 atom stereocenters. The molecule has 0 radical (unpaired) electrons. The van der Waals surface area contributed by atoms with Gasteiger partial charge < -0.3 is 4.90 Å². The summed E-state index contributed by atoms with van der Waals surface area (Å²) < 4.78 is 1.91. The zero-order valence-corrected chi connectivity index (χ0v) is 14.4. The fraction of sp³-hybridized carbons (Fsp3) is 0.526. The van der Waals surface area contributed by atoms with Gasteiger partial charge in [0, 0.05) is 30.8 Å². The summed E-state index contributed by atoms with van der Waals surface area (Å²) in [6.07, 6.45) is 8.60. The maximum atomic E-state index is 12.7. The molecule has 1 aliphatic rings. The Hall–Kier alpha value is -2.17. The van der Waals surface area contributed by atoms with Gasteiger partial charge in [-0.3, -0.25) is 4.79 Å². The van der Waals surface area contributed by atoms with Crippen LogP contribution in [-0.2, 0) is 6.54 Å². The van der Waals surface area contributed by atoms with Gasteiger partial charge in [0.1, 0.15) is 6.33 Å². The molecule has 0 aliphatic carbocycles. The van der Waals surface area contributed by atoms with Crippen molar-refractivity contribution in [3.8, 4) is 11.4 Å². The van der Waals surface area contributed by atoms with Crippen LogP contribution in [0.1, 0.15) is 55.8 Å². The summed E-state index contributed by atoms with van der Waals surface area (Å²) in [5, 5.41) is 4.26. The molecule has 1 fully saturated rings. The molecule has 5 heteroatoms. The van der Waals surface area contributed by atoms with Crippen LogP contribution in [0.2, 0.25) is 0 Å². The Labute approximate surface area is 143 Å². The molecule has 3 rings (SSSR count). The Bertz CT molecular complexity index is 654. The van der Waals surface area contributed by atoms with Crippen LogP contribution in [-0.4, -0.2) is 38.7 Å². The van der Waals surface area contributed by atoms with E-state index in [-0.39, 0.29) is 5.91 Å². The quantitative estimate of drug-likeness (QED) is 0.859.